The molecule has 2 aliphatic heterocycles. The summed E-state index contributed by atoms with van der Waals surface area (Å²) in [5.41, 5.74) is 0. The van der Waals surface area contributed by atoms with Crippen LogP contribution in [-0.4, -0.2) is 29.7 Å². The third-order valence-electron chi connectivity index (χ3n) is 4.40. The summed E-state index contributed by atoms with van der Waals surface area (Å²) in [6, 6.07) is 0. The standard InChI is InChI=1S/C15H24O3/c1-4-13-11(2)5-8-15(17-13)9-6-12(3)14(18-15)7-10-16/h1,11-14,16H,5-10H2,2-3H3/t11-,12-,13-,14+,15-/m0/s1. The maximum Gasteiger partial charge on any atom is 0.170 e. The zero-order valence-electron chi connectivity index (χ0n) is 11.4. The molecule has 1 N–H and O–H groups in total. The molecule has 102 valence electrons. The molecule has 0 aliphatic carbocycles. The highest BCUT2D eigenvalue weighted by molar-refractivity contribution is 5.01. The topological polar surface area (TPSA) is 38.7 Å². The van der Waals surface area contributed by atoms with E-state index < -0.39 is 5.79 Å². The molecule has 0 amide bonds. The van der Waals surface area contributed by atoms with Gasteiger partial charge in [0, 0.05) is 19.4 Å². The van der Waals surface area contributed by atoms with Gasteiger partial charge in [-0.25, -0.2) is 0 Å². The molecule has 18 heavy (non-hydrogen) atoms. The molecule has 0 saturated carbocycles. The molecule has 5 atom stereocenters. The zero-order valence-corrected chi connectivity index (χ0v) is 11.4. The summed E-state index contributed by atoms with van der Waals surface area (Å²) in [6.45, 7) is 4.48. The van der Waals surface area contributed by atoms with Gasteiger partial charge in [0.25, 0.3) is 0 Å². The van der Waals surface area contributed by atoms with Gasteiger partial charge >= 0.3 is 0 Å². The normalized spacial score (nSPS) is 44.8. The van der Waals surface area contributed by atoms with E-state index in [-0.39, 0.29) is 18.8 Å². The lowest BCUT2D eigenvalue weighted by Gasteiger charge is -2.48. The molecule has 2 heterocycles. The molecule has 1 spiro atoms. The van der Waals surface area contributed by atoms with Gasteiger partial charge in [0.05, 0.1) is 6.10 Å². The summed E-state index contributed by atoms with van der Waals surface area (Å²) in [4.78, 5) is 0. The highest BCUT2D eigenvalue weighted by Crippen LogP contribution is 2.43. The van der Waals surface area contributed by atoms with E-state index >= 15 is 0 Å². The molecule has 2 aliphatic rings. The number of hydrogen-bond donors (Lipinski definition) is 1. The Hall–Kier alpha value is -0.560. The zero-order chi connectivity index (χ0) is 13.2. The quantitative estimate of drug-likeness (QED) is 0.767. The molecule has 0 radical (unpaired) electrons. The summed E-state index contributed by atoms with van der Waals surface area (Å²) in [6.07, 6.45) is 10.1. The van der Waals surface area contributed by atoms with Crippen LogP contribution in [0.15, 0.2) is 0 Å². The van der Waals surface area contributed by atoms with E-state index in [1.54, 1.807) is 0 Å². The van der Waals surface area contributed by atoms with Crippen LogP contribution in [0.4, 0.5) is 0 Å². The Morgan fingerprint density at radius 3 is 2.50 bits per heavy atom. The van der Waals surface area contributed by atoms with Crippen LogP contribution in [0.3, 0.4) is 0 Å². The molecule has 0 bridgehead atoms. The summed E-state index contributed by atoms with van der Waals surface area (Å²) >= 11 is 0. The Balaban J connectivity index is 2.05. The number of ether oxygens (including phenoxy) is 2. The molecule has 0 unspecified atom stereocenters. The third-order valence-corrected chi connectivity index (χ3v) is 4.40. The van der Waals surface area contributed by atoms with Gasteiger partial charge in [-0.1, -0.05) is 19.8 Å². The van der Waals surface area contributed by atoms with E-state index in [9.17, 15) is 0 Å². The Labute approximate surface area is 110 Å². The lowest BCUT2D eigenvalue weighted by Crippen LogP contribution is -2.51. The van der Waals surface area contributed by atoms with Crippen molar-refractivity contribution in [2.45, 2.75) is 63.9 Å². The second-order valence-electron chi connectivity index (χ2n) is 5.82. The van der Waals surface area contributed by atoms with Crippen LogP contribution in [0.1, 0.15) is 46.0 Å². The van der Waals surface area contributed by atoms with Gasteiger partial charge in [-0.3, -0.25) is 0 Å². The molecule has 0 aromatic heterocycles. The first-order chi connectivity index (χ1) is 8.60. The monoisotopic (exact) mass is 252 g/mol. The number of aliphatic hydroxyl groups excluding tert-OH is 1. The summed E-state index contributed by atoms with van der Waals surface area (Å²) in [7, 11) is 0. The van der Waals surface area contributed by atoms with Crippen LogP contribution in [0.2, 0.25) is 0 Å². The van der Waals surface area contributed by atoms with Crippen molar-refractivity contribution in [2.24, 2.45) is 11.8 Å². The molecule has 2 fully saturated rings. The number of rotatable bonds is 2. The van der Waals surface area contributed by atoms with Crippen molar-refractivity contribution < 1.29 is 14.6 Å². The average molecular weight is 252 g/mol. The van der Waals surface area contributed by atoms with E-state index in [4.69, 9.17) is 21.0 Å². The first-order valence-corrected chi connectivity index (χ1v) is 7.03. The maximum absolute atomic E-state index is 9.11. The Bertz CT molecular complexity index is 318. The summed E-state index contributed by atoms with van der Waals surface area (Å²) in [5, 5.41) is 9.11. The van der Waals surface area contributed by atoms with Crippen molar-refractivity contribution in [2.75, 3.05) is 6.61 Å². The molecule has 0 aromatic carbocycles. The van der Waals surface area contributed by atoms with Gasteiger partial charge in [0.1, 0.15) is 6.10 Å². The molecule has 0 aromatic rings. The van der Waals surface area contributed by atoms with Crippen LogP contribution in [0, 0.1) is 24.2 Å². The second kappa shape index (κ2) is 5.61. The van der Waals surface area contributed by atoms with Crippen LogP contribution < -0.4 is 0 Å². The summed E-state index contributed by atoms with van der Waals surface area (Å²) < 4.78 is 12.2. The van der Waals surface area contributed by atoms with E-state index in [1.807, 2.05) is 0 Å². The number of hydrogen-bond acceptors (Lipinski definition) is 3. The van der Waals surface area contributed by atoms with Crippen LogP contribution in [0.25, 0.3) is 0 Å². The van der Waals surface area contributed by atoms with E-state index in [1.165, 1.54) is 0 Å². The van der Waals surface area contributed by atoms with E-state index in [0.29, 0.717) is 18.3 Å². The highest BCUT2D eigenvalue weighted by atomic mass is 16.7. The highest BCUT2D eigenvalue weighted by Gasteiger charge is 2.45. The summed E-state index contributed by atoms with van der Waals surface area (Å²) in [5.74, 6) is 3.13. The van der Waals surface area contributed by atoms with Crippen molar-refractivity contribution >= 4 is 0 Å². The number of aliphatic hydroxyl groups is 1. The minimum absolute atomic E-state index is 0.0931. The van der Waals surface area contributed by atoms with Gasteiger partial charge in [-0.15, -0.1) is 6.42 Å². The largest absolute Gasteiger partial charge is 0.396 e. The minimum atomic E-state index is -0.490. The van der Waals surface area contributed by atoms with E-state index in [2.05, 4.69) is 19.8 Å². The fourth-order valence-corrected chi connectivity index (χ4v) is 3.03. The fourth-order valence-electron chi connectivity index (χ4n) is 3.03. The SMILES string of the molecule is C#C[C@@H]1O[C@]2(CC[C@@H]1C)CC[C@H](C)[C@@H](CCO)O2. The number of terminal acetylenes is 1. The molecule has 2 saturated heterocycles. The molecule has 2 rings (SSSR count). The van der Waals surface area contributed by atoms with Crippen molar-refractivity contribution in [3.05, 3.63) is 0 Å². The Morgan fingerprint density at radius 1 is 1.22 bits per heavy atom. The first-order valence-electron chi connectivity index (χ1n) is 7.03. The van der Waals surface area contributed by atoms with Crippen LogP contribution in [0.5, 0.6) is 0 Å². The van der Waals surface area contributed by atoms with Gasteiger partial charge < -0.3 is 14.6 Å². The van der Waals surface area contributed by atoms with Gasteiger partial charge in [0.2, 0.25) is 0 Å². The Morgan fingerprint density at radius 2 is 1.89 bits per heavy atom. The second-order valence-corrected chi connectivity index (χ2v) is 5.82. The van der Waals surface area contributed by atoms with Crippen molar-refractivity contribution in [3.63, 3.8) is 0 Å². The molecule has 3 heteroatoms. The van der Waals surface area contributed by atoms with Crippen molar-refractivity contribution in [1.82, 2.24) is 0 Å². The molecular formula is C15H24O3. The predicted molar refractivity (Wildman–Crippen MR) is 69.8 cm³/mol. The van der Waals surface area contributed by atoms with Crippen molar-refractivity contribution in [1.29, 1.82) is 0 Å². The molecule has 3 nitrogen and oxygen atoms in total. The Kier molecular flexibility index (Phi) is 4.32. The van der Waals surface area contributed by atoms with Gasteiger partial charge in [-0.05, 0) is 31.1 Å². The minimum Gasteiger partial charge on any atom is -0.396 e. The van der Waals surface area contributed by atoms with Crippen LogP contribution >= 0.6 is 0 Å². The lowest BCUT2D eigenvalue weighted by atomic mass is 9.84. The predicted octanol–water partition coefficient (Wildman–Crippen LogP) is 2.33. The fraction of sp³-hybridized carbons (Fsp3) is 0.867. The molecular weight excluding hydrogens is 228 g/mol. The van der Waals surface area contributed by atoms with Gasteiger partial charge in [0.15, 0.2) is 5.79 Å². The van der Waals surface area contributed by atoms with Crippen LogP contribution in [-0.2, 0) is 9.47 Å². The smallest absolute Gasteiger partial charge is 0.170 e. The first kappa shape index (κ1) is 13.9. The lowest BCUT2D eigenvalue weighted by molar-refractivity contribution is -0.323. The van der Waals surface area contributed by atoms with Gasteiger partial charge in [-0.2, -0.15) is 0 Å². The van der Waals surface area contributed by atoms with Crippen molar-refractivity contribution in [3.8, 4) is 12.3 Å². The van der Waals surface area contributed by atoms with E-state index in [0.717, 1.165) is 25.7 Å². The average Bonchev–Trinajstić information content (AvgIpc) is 2.38. The maximum atomic E-state index is 9.11. The third kappa shape index (κ3) is 2.71.